The molecule has 1 unspecified atom stereocenters. The van der Waals surface area contributed by atoms with E-state index < -0.39 is 0 Å². The lowest BCUT2D eigenvalue weighted by molar-refractivity contribution is -0.117. The third kappa shape index (κ3) is 4.30. The molecule has 1 heterocycles. The first-order chi connectivity index (χ1) is 11.7. The predicted molar refractivity (Wildman–Crippen MR) is 99.9 cm³/mol. The summed E-state index contributed by atoms with van der Waals surface area (Å²) in [5.74, 6) is 0.233. The number of halogens is 1. The number of nitrogens with zero attached hydrogens (tertiary/aromatic N) is 1. The van der Waals surface area contributed by atoms with Crippen LogP contribution in [-0.4, -0.2) is 10.9 Å². The van der Waals surface area contributed by atoms with Gasteiger partial charge in [-0.15, -0.1) is 0 Å². The number of hydrogen-bond donors (Lipinski definition) is 1. The Labute approximate surface area is 149 Å². The molecule has 0 saturated heterocycles. The van der Waals surface area contributed by atoms with Crippen LogP contribution in [0.2, 0.25) is 0 Å². The maximum atomic E-state index is 12.8. The van der Waals surface area contributed by atoms with Gasteiger partial charge >= 0.3 is 0 Å². The van der Waals surface area contributed by atoms with Crippen LogP contribution >= 0.6 is 15.9 Å². The zero-order valence-electron chi connectivity index (χ0n) is 13.0. The Morgan fingerprint density at radius 2 is 1.62 bits per heavy atom. The highest BCUT2D eigenvalue weighted by atomic mass is 79.9. The lowest BCUT2D eigenvalue weighted by Gasteiger charge is -2.17. The van der Waals surface area contributed by atoms with Crippen molar-refractivity contribution in [3.05, 3.63) is 94.6 Å². The summed E-state index contributed by atoms with van der Waals surface area (Å²) in [5, 5.41) is 2.92. The van der Waals surface area contributed by atoms with Gasteiger partial charge in [0.15, 0.2) is 0 Å². The fraction of sp³-hybridized carbons (Fsp3) is 0.100. The summed E-state index contributed by atoms with van der Waals surface area (Å²) >= 11 is 3.35. The first kappa shape index (κ1) is 16.4. The SMILES string of the molecule is O=C(Nc1ccc(Br)cn1)C(Cc1ccccc1)c1ccccc1. The predicted octanol–water partition coefficient (Wildman–Crippen LogP) is 4.81. The maximum Gasteiger partial charge on any atom is 0.233 e. The second kappa shape index (κ2) is 7.88. The van der Waals surface area contributed by atoms with E-state index >= 15 is 0 Å². The highest BCUT2D eigenvalue weighted by molar-refractivity contribution is 9.10. The Kier molecular flexibility index (Phi) is 5.39. The molecule has 0 radical (unpaired) electrons. The summed E-state index contributed by atoms with van der Waals surface area (Å²) in [7, 11) is 0. The van der Waals surface area contributed by atoms with Gasteiger partial charge in [-0.25, -0.2) is 4.98 Å². The molecule has 2 aromatic carbocycles. The zero-order chi connectivity index (χ0) is 16.8. The lowest BCUT2D eigenvalue weighted by Crippen LogP contribution is -2.23. The van der Waals surface area contributed by atoms with E-state index in [9.17, 15) is 4.79 Å². The molecule has 1 atom stereocenters. The Bertz CT molecular complexity index is 789. The quantitative estimate of drug-likeness (QED) is 0.689. The van der Waals surface area contributed by atoms with Crippen LogP contribution in [0, 0.1) is 0 Å². The van der Waals surface area contributed by atoms with Crippen molar-refractivity contribution < 1.29 is 4.79 Å². The molecule has 1 amide bonds. The van der Waals surface area contributed by atoms with Gasteiger partial charge in [-0.05, 0) is 45.6 Å². The molecular weight excluding hydrogens is 364 g/mol. The summed E-state index contributed by atoms with van der Waals surface area (Å²) in [5.41, 5.74) is 2.13. The van der Waals surface area contributed by atoms with Crippen LogP contribution in [0.4, 0.5) is 5.82 Å². The lowest BCUT2D eigenvalue weighted by atomic mass is 9.91. The van der Waals surface area contributed by atoms with Crippen molar-refractivity contribution in [2.24, 2.45) is 0 Å². The Balaban J connectivity index is 1.83. The largest absolute Gasteiger partial charge is 0.310 e. The summed E-state index contributed by atoms with van der Waals surface area (Å²) in [6, 6.07) is 23.5. The van der Waals surface area contributed by atoms with Crippen molar-refractivity contribution in [3.63, 3.8) is 0 Å². The molecule has 120 valence electrons. The molecule has 0 spiro atoms. The van der Waals surface area contributed by atoms with Gasteiger partial charge < -0.3 is 5.32 Å². The summed E-state index contributed by atoms with van der Waals surface area (Å²) in [4.78, 5) is 17.1. The molecule has 3 nitrogen and oxygen atoms in total. The number of hydrogen-bond acceptors (Lipinski definition) is 2. The number of carbonyl (C=O) groups excluding carboxylic acids is 1. The second-order valence-corrected chi connectivity index (χ2v) is 6.42. The smallest absolute Gasteiger partial charge is 0.233 e. The molecular formula is C20H17BrN2O. The van der Waals surface area contributed by atoms with Crippen LogP contribution in [0.25, 0.3) is 0 Å². The van der Waals surface area contributed by atoms with E-state index in [1.807, 2.05) is 66.7 Å². The normalized spacial score (nSPS) is 11.7. The Morgan fingerprint density at radius 3 is 2.25 bits per heavy atom. The number of amides is 1. The fourth-order valence-corrected chi connectivity index (χ4v) is 2.79. The number of rotatable bonds is 5. The summed E-state index contributed by atoms with van der Waals surface area (Å²) < 4.78 is 0.879. The molecule has 1 aromatic heterocycles. The van der Waals surface area contributed by atoms with Crippen LogP contribution in [0.1, 0.15) is 17.0 Å². The van der Waals surface area contributed by atoms with E-state index in [4.69, 9.17) is 0 Å². The van der Waals surface area contributed by atoms with Crippen molar-refractivity contribution in [2.75, 3.05) is 5.32 Å². The Morgan fingerprint density at radius 1 is 0.958 bits per heavy atom. The molecule has 0 bridgehead atoms. The van der Waals surface area contributed by atoms with Crippen LogP contribution in [0.15, 0.2) is 83.5 Å². The number of carbonyl (C=O) groups is 1. The molecule has 24 heavy (non-hydrogen) atoms. The summed E-state index contributed by atoms with van der Waals surface area (Å²) in [6.07, 6.45) is 2.32. The van der Waals surface area contributed by atoms with Crippen molar-refractivity contribution >= 4 is 27.7 Å². The minimum atomic E-state index is -0.265. The maximum absolute atomic E-state index is 12.8. The number of nitrogens with one attached hydrogen (secondary N) is 1. The van der Waals surface area contributed by atoms with E-state index in [1.54, 1.807) is 12.3 Å². The minimum absolute atomic E-state index is 0.0557. The standard InChI is InChI=1S/C20H17BrN2O/c21-17-11-12-19(22-14-17)23-20(24)18(16-9-5-2-6-10-16)13-15-7-3-1-4-8-15/h1-12,14,18H,13H2,(H,22,23,24). The summed E-state index contributed by atoms with van der Waals surface area (Å²) in [6.45, 7) is 0. The van der Waals surface area contributed by atoms with E-state index in [2.05, 4.69) is 26.2 Å². The van der Waals surface area contributed by atoms with Crippen molar-refractivity contribution in [1.29, 1.82) is 0 Å². The average Bonchev–Trinajstić information content (AvgIpc) is 2.63. The monoisotopic (exact) mass is 380 g/mol. The molecule has 0 fully saturated rings. The van der Waals surface area contributed by atoms with Crippen molar-refractivity contribution in [2.45, 2.75) is 12.3 Å². The molecule has 3 aromatic rings. The molecule has 0 aliphatic heterocycles. The number of benzene rings is 2. The van der Waals surface area contributed by atoms with Crippen LogP contribution < -0.4 is 5.32 Å². The van der Waals surface area contributed by atoms with E-state index in [-0.39, 0.29) is 11.8 Å². The van der Waals surface area contributed by atoms with Gasteiger partial charge in [0.2, 0.25) is 5.91 Å². The molecule has 0 saturated carbocycles. The van der Waals surface area contributed by atoms with Gasteiger partial charge in [0.05, 0.1) is 5.92 Å². The highest BCUT2D eigenvalue weighted by Crippen LogP contribution is 2.23. The molecule has 3 rings (SSSR count). The van der Waals surface area contributed by atoms with Gasteiger partial charge in [0.1, 0.15) is 5.82 Å². The van der Waals surface area contributed by atoms with Gasteiger partial charge in [0, 0.05) is 10.7 Å². The zero-order valence-corrected chi connectivity index (χ0v) is 14.6. The Hall–Kier alpha value is -2.46. The van der Waals surface area contributed by atoms with Crippen LogP contribution in [0.3, 0.4) is 0 Å². The van der Waals surface area contributed by atoms with Gasteiger partial charge in [-0.3, -0.25) is 4.79 Å². The second-order valence-electron chi connectivity index (χ2n) is 5.50. The van der Waals surface area contributed by atoms with Crippen molar-refractivity contribution in [1.82, 2.24) is 4.98 Å². The van der Waals surface area contributed by atoms with Crippen LogP contribution in [-0.2, 0) is 11.2 Å². The first-order valence-corrected chi connectivity index (χ1v) is 8.53. The minimum Gasteiger partial charge on any atom is -0.310 e. The third-order valence-corrected chi connectivity index (χ3v) is 4.25. The average molecular weight is 381 g/mol. The molecule has 0 aliphatic carbocycles. The van der Waals surface area contributed by atoms with Gasteiger partial charge in [-0.2, -0.15) is 0 Å². The third-order valence-electron chi connectivity index (χ3n) is 3.78. The van der Waals surface area contributed by atoms with E-state index in [0.717, 1.165) is 15.6 Å². The van der Waals surface area contributed by atoms with Gasteiger partial charge in [-0.1, -0.05) is 60.7 Å². The van der Waals surface area contributed by atoms with Crippen molar-refractivity contribution in [3.8, 4) is 0 Å². The number of anilines is 1. The number of aromatic nitrogens is 1. The molecule has 0 aliphatic rings. The molecule has 1 N–H and O–H groups in total. The van der Waals surface area contributed by atoms with Crippen LogP contribution in [0.5, 0.6) is 0 Å². The number of pyridine rings is 1. The fourth-order valence-electron chi connectivity index (χ4n) is 2.56. The molecule has 4 heteroatoms. The van der Waals surface area contributed by atoms with Gasteiger partial charge in [0.25, 0.3) is 0 Å². The highest BCUT2D eigenvalue weighted by Gasteiger charge is 2.21. The topological polar surface area (TPSA) is 42.0 Å². The van der Waals surface area contributed by atoms with E-state index in [1.165, 1.54) is 0 Å². The van der Waals surface area contributed by atoms with E-state index in [0.29, 0.717) is 12.2 Å². The first-order valence-electron chi connectivity index (χ1n) is 7.73.